The Hall–Kier alpha value is -1.70. The van der Waals surface area contributed by atoms with Crippen molar-refractivity contribution in [3.8, 4) is 0 Å². The van der Waals surface area contributed by atoms with Crippen molar-refractivity contribution in [3.05, 3.63) is 18.2 Å². The highest BCUT2D eigenvalue weighted by atomic mass is 32.2. The smallest absolute Gasteiger partial charge is 0.326 e. The van der Waals surface area contributed by atoms with Crippen LogP contribution in [0.1, 0.15) is 12.2 Å². The Kier molecular flexibility index (Phi) is 6.37. The summed E-state index contributed by atoms with van der Waals surface area (Å²) in [4.78, 5) is 28.6. The number of nitrogens with zero attached hydrogens (tertiary/aromatic N) is 3. The second-order valence-corrected chi connectivity index (χ2v) is 5.42. The lowest BCUT2D eigenvalue weighted by Gasteiger charge is -2.21. The molecule has 1 rings (SSSR count). The molecule has 1 atom stereocenters. The number of aryl methyl sites for hydroxylation is 1. The minimum atomic E-state index is -1.02. The number of amides is 2. The average Bonchev–Trinajstić information content (AvgIpc) is 2.79. The van der Waals surface area contributed by atoms with E-state index >= 15 is 0 Å². The lowest BCUT2D eigenvalue weighted by molar-refractivity contribution is -0.139. The number of rotatable bonds is 7. The summed E-state index contributed by atoms with van der Waals surface area (Å²) in [5.74, 6) is 0.400. The lowest BCUT2D eigenvalue weighted by atomic mass is 10.2. The van der Waals surface area contributed by atoms with Crippen molar-refractivity contribution in [1.82, 2.24) is 19.8 Å². The molecule has 1 aromatic heterocycles. The highest BCUT2D eigenvalue weighted by Gasteiger charge is 2.21. The van der Waals surface area contributed by atoms with E-state index < -0.39 is 18.0 Å². The van der Waals surface area contributed by atoms with Crippen LogP contribution in [0.4, 0.5) is 4.79 Å². The predicted molar refractivity (Wildman–Crippen MR) is 77.6 cm³/mol. The number of carbonyl (C=O) groups excluding carboxylic acids is 1. The maximum absolute atomic E-state index is 12.0. The maximum Gasteiger partial charge on any atom is 0.326 e. The highest BCUT2D eigenvalue weighted by Crippen LogP contribution is 2.04. The summed E-state index contributed by atoms with van der Waals surface area (Å²) in [7, 11) is 3.45. The molecule has 8 heteroatoms. The summed E-state index contributed by atoms with van der Waals surface area (Å²) in [6, 6.07) is -1.28. The fourth-order valence-electron chi connectivity index (χ4n) is 1.59. The zero-order valence-corrected chi connectivity index (χ0v) is 12.7. The number of aliphatic carboxylic acids is 1. The van der Waals surface area contributed by atoms with Gasteiger partial charge in [0.25, 0.3) is 0 Å². The molecule has 7 nitrogen and oxygen atoms in total. The van der Waals surface area contributed by atoms with Gasteiger partial charge in [-0.05, 0) is 18.4 Å². The van der Waals surface area contributed by atoms with Gasteiger partial charge in [0.15, 0.2) is 0 Å². The van der Waals surface area contributed by atoms with Crippen molar-refractivity contribution in [3.63, 3.8) is 0 Å². The van der Waals surface area contributed by atoms with E-state index in [9.17, 15) is 9.59 Å². The SMILES string of the molecule is CSCC[C@H](NC(=O)N(C)Cc1nccn1C)C(=O)O. The zero-order valence-electron chi connectivity index (χ0n) is 11.9. The molecule has 1 aromatic rings. The van der Waals surface area contributed by atoms with Gasteiger partial charge < -0.3 is 19.9 Å². The average molecular weight is 300 g/mol. The first kappa shape index (κ1) is 16.4. The van der Waals surface area contributed by atoms with Gasteiger partial charge in [0.1, 0.15) is 11.9 Å². The van der Waals surface area contributed by atoms with E-state index in [-0.39, 0.29) is 0 Å². The molecule has 0 radical (unpaired) electrons. The molecular weight excluding hydrogens is 280 g/mol. The van der Waals surface area contributed by atoms with E-state index in [1.807, 2.05) is 17.9 Å². The molecule has 0 aliphatic heterocycles. The highest BCUT2D eigenvalue weighted by molar-refractivity contribution is 7.98. The van der Waals surface area contributed by atoms with Gasteiger partial charge in [0.2, 0.25) is 0 Å². The summed E-state index contributed by atoms with van der Waals surface area (Å²) in [5, 5.41) is 11.6. The summed E-state index contributed by atoms with van der Waals surface area (Å²) < 4.78 is 1.81. The molecule has 0 aromatic carbocycles. The summed E-state index contributed by atoms with van der Waals surface area (Å²) in [5.41, 5.74) is 0. The third kappa shape index (κ3) is 4.76. The Labute approximate surface area is 122 Å². The molecule has 0 spiro atoms. The van der Waals surface area contributed by atoms with Gasteiger partial charge in [-0.3, -0.25) is 0 Å². The van der Waals surface area contributed by atoms with Crippen LogP contribution in [0, 0.1) is 0 Å². The van der Waals surface area contributed by atoms with E-state index in [2.05, 4.69) is 10.3 Å². The zero-order chi connectivity index (χ0) is 15.1. The van der Waals surface area contributed by atoms with E-state index in [4.69, 9.17) is 5.11 Å². The Morgan fingerprint density at radius 2 is 2.30 bits per heavy atom. The molecule has 0 saturated heterocycles. The third-order valence-corrected chi connectivity index (χ3v) is 3.50. The molecule has 1 heterocycles. The number of urea groups is 1. The number of carboxylic acid groups (broad SMARTS) is 1. The van der Waals surface area contributed by atoms with Gasteiger partial charge in [-0.15, -0.1) is 0 Å². The van der Waals surface area contributed by atoms with Crippen molar-refractivity contribution in [2.75, 3.05) is 19.1 Å². The number of carboxylic acids is 1. The number of hydrogen-bond acceptors (Lipinski definition) is 4. The molecule has 0 unspecified atom stereocenters. The van der Waals surface area contributed by atoms with Crippen molar-refractivity contribution < 1.29 is 14.7 Å². The Morgan fingerprint density at radius 3 is 2.80 bits per heavy atom. The third-order valence-electron chi connectivity index (χ3n) is 2.85. The van der Waals surface area contributed by atoms with Crippen LogP contribution in [0.2, 0.25) is 0 Å². The molecule has 112 valence electrons. The monoisotopic (exact) mass is 300 g/mol. The first-order valence-corrected chi connectivity index (χ1v) is 7.54. The fraction of sp³-hybridized carbons (Fsp3) is 0.583. The van der Waals surface area contributed by atoms with Crippen LogP contribution in [0.5, 0.6) is 0 Å². The van der Waals surface area contributed by atoms with Gasteiger partial charge in [-0.25, -0.2) is 14.6 Å². The van der Waals surface area contributed by atoms with Crippen LogP contribution in [0.15, 0.2) is 12.4 Å². The van der Waals surface area contributed by atoms with Gasteiger partial charge in [-0.1, -0.05) is 0 Å². The van der Waals surface area contributed by atoms with Gasteiger partial charge in [0.05, 0.1) is 6.54 Å². The molecule has 2 N–H and O–H groups in total. The summed E-state index contributed by atoms with van der Waals surface area (Å²) in [6.07, 6.45) is 5.74. The van der Waals surface area contributed by atoms with Gasteiger partial charge in [-0.2, -0.15) is 11.8 Å². The maximum atomic E-state index is 12.0. The van der Waals surface area contributed by atoms with Crippen LogP contribution < -0.4 is 5.32 Å². The fourth-order valence-corrected chi connectivity index (χ4v) is 2.06. The van der Waals surface area contributed by atoms with Gasteiger partial charge >= 0.3 is 12.0 Å². The minimum Gasteiger partial charge on any atom is -0.480 e. The predicted octanol–water partition coefficient (Wildman–Crippen LogP) is 0.768. The Bertz CT molecular complexity index is 463. The van der Waals surface area contributed by atoms with Crippen LogP contribution in [0.3, 0.4) is 0 Å². The molecule has 0 fully saturated rings. The largest absolute Gasteiger partial charge is 0.480 e. The Balaban J connectivity index is 2.55. The molecule has 0 aliphatic rings. The normalized spacial score (nSPS) is 11.9. The summed E-state index contributed by atoms with van der Waals surface area (Å²) in [6.45, 7) is 0.324. The van der Waals surface area contributed by atoms with E-state index in [0.29, 0.717) is 18.7 Å². The Morgan fingerprint density at radius 1 is 1.60 bits per heavy atom. The van der Waals surface area contributed by atoms with E-state index in [0.717, 1.165) is 5.82 Å². The molecular formula is C12H20N4O3S. The number of nitrogens with one attached hydrogen (secondary N) is 1. The van der Waals surface area contributed by atoms with Gasteiger partial charge in [0, 0.05) is 26.5 Å². The first-order valence-electron chi connectivity index (χ1n) is 6.15. The van der Waals surface area contributed by atoms with Crippen LogP contribution in [-0.2, 0) is 18.4 Å². The second-order valence-electron chi connectivity index (χ2n) is 4.43. The topological polar surface area (TPSA) is 87.5 Å². The molecule has 0 aliphatic carbocycles. The number of hydrogen-bond donors (Lipinski definition) is 2. The number of aromatic nitrogens is 2. The van der Waals surface area contributed by atoms with Crippen molar-refractivity contribution in [2.45, 2.75) is 19.0 Å². The quantitative estimate of drug-likeness (QED) is 0.776. The molecule has 20 heavy (non-hydrogen) atoms. The molecule has 2 amide bonds. The van der Waals surface area contributed by atoms with Crippen LogP contribution >= 0.6 is 11.8 Å². The molecule has 0 saturated carbocycles. The number of imidazole rings is 1. The lowest BCUT2D eigenvalue weighted by Crippen LogP contribution is -2.46. The van der Waals surface area contributed by atoms with Crippen LogP contribution in [-0.4, -0.2) is 56.7 Å². The number of thioether (sulfide) groups is 1. The van der Waals surface area contributed by atoms with Crippen LogP contribution in [0.25, 0.3) is 0 Å². The minimum absolute atomic E-state index is 0.324. The number of carbonyl (C=O) groups is 2. The standard InChI is InChI=1S/C12H20N4O3S/c1-15-6-5-13-10(15)8-16(2)12(19)14-9(11(17)18)4-7-20-3/h5-6,9H,4,7-8H2,1-3H3,(H,14,19)(H,17,18)/t9-/m0/s1. The first-order chi connectivity index (χ1) is 9.45. The summed E-state index contributed by atoms with van der Waals surface area (Å²) >= 11 is 1.55. The van der Waals surface area contributed by atoms with E-state index in [1.165, 1.54) is 4.90 Å². The van der Waals surface area contributed by atoms with E-state index in [1.54, 1.807) is 31.2 Å². The second kappa shape index (κ2) is 7.78. The van der Waals surface area contributed by atoms with Crippen molar-refractivity contribution in [1.29, 1.82) is 0 Å². The van der Waals surface area contributed by atoms with Crippen molar-refractivity contribution in [2.24, 2.45) is 7.05 Å². The van der Waals surface area contributed by atoms with Crippen molar-refractivity contribution >= 4 is 23.8 Å². The molecule has 0 bridgehead atoms.